The Morgan fingerprint density at radius 3 is 2.26 bits per heavy atom. The van der Waals surface area contributed by atoms with Crippen LogP contribution in [0.3, 0.4) is 0 Å². The topological polar surface area (TPSA) is 67.2 Å². The number of likely N-dealkylation sites (N-methyl/N-ethyl adjacent to an activating group) is 1. The maximum absolute atomic E-state index is 13.3. The van der Waals surface area contributed by atoms with Crippen LogP contribution in [0.15, 0.2) is 60.7 Å². The van der Waals surface area contributed by atoms with Gasteiger partial charge in [-0.2, -0.15) is 5.10 Å². The van der Waals surface area contributed by atoms with Crippen molar-refractivity contribution >= 4 is 17.6 Å². The minimum atomic E-state index is -0.265. The summed E-state index contributed by atoms with van der Waals surface area (Å²) in [5.74, 6) is 0.0595. The highest BCUT2D eigenvalue weighted by Gasteiger charge is 2.26. The normalized spacial score (nSPS) is 12.3. The van der Waals surface area contributed by atoms with E-state index in [9.17, 15) is 9.59 Å². The van der Waals surface area contributed by atoms with E-state index in [4.69, 9.17) is 5.10 Å². The quantitative estimate of drug-likeness (QED) is 0.485. The summed E-state index contributed by atoms with van der Waals surface area (Å²) in [6, 6.07) is 19.6. The Labute approximate surface area is 203 Å². The van der Waals surface area contributed by atoms with Crippen molar-refractivity contribution in [2.24, 2.45) is 0 Å². The lowest BCUT2D eigenvalue weighted by molar-refractivity contribution is -0.135. The molecule has 3 aromatic rings. The summed E-state index contributed by atoms with van der Waals surface area (Å²) in [5.41, 5.74) is 3.64. The molecule has 0 bridgehead atoms. The fraction of sp³-hybridized carbons (Fsp3) is 0.393. The van der Waals surface area contributed by atoms with Crippen LogP contribution < -0.4 is 5.32 Å². The Balaban J connectivity index is 1.84. The minimum Gasteiger partial charge on any atom is -0.333 e. The smallest absolute Gasteiger partial charge is 0.245 e. The first-order chi connectivity index (χ1) is 16.2. The molecule has 6 nitrogen and oxygen atoms in total. The number of hydrogen-bond acceptors (Lipinski definition) is 3. The van der Waals surface area contributed by atoms with E-state index in [1.54, 1.807) is 9.58 Å². The fourth-order valence-electron chi connectivity index (χ4n) is 3.98. The summed E-state index contributed by atoms with van der Waals surface area (Å²) in [6.45, 7) is 12.6. The van der Waals surface area contributed by atoms with Gasteiger partial charge in [-0.25, -0.2) is 4.68 Å². The maximum atomic E-state index is 13.3. The molecule has 0 aliphatic rings. The molecule has 180 valence electrons. The zero-order valence-corrected chi connectivity index (χ0v) is 21.1. The van der Waals surface area contributed by atoms with Crippen LogP contribution in [0.4, 0.5) is 5.82 Å². The molecular weight excluding hydrogens is 424 g/mol. The van der Waals surface area contributed by atoms with Crippen LogP contribution >= 0.6 is 0 Å². The van der Waals surface area contributed by atoms with E-state index in [2.05, 4.69) is 26.1 Å². The maximum Gasteiger partial charge on any atom is 0.245 e. The summed E-state index contributed by atoms with van der Waals surface area (Å²) < 4.78 is 1.78. The fourth-order valence-corrected chi connectivity index (χ4v) is 3.98. The molecule has 0 radical (unpaired) electrons. The van der Waals surface area contributed by atoms with Gasteiger partial charge in [-0.05, 0) is 37.5 Å². The lowest BCUT2D eigenvalue weighted by Crippen LogP contribution is -2.40. The molecule has 0 aliphatic carbocycles. The number of para-hydroxylation sites is 1. The highest BCUT2D eigenvalue weighted by molar-refractivity contribution is 5.95. The molecule has 3 rings (SSSR count). The number of hydrogen-bond donors (Lipinski definition) is 1. The van der Waals surface area contributed by atoms with Crippen LogP contribution in [0.2, 0.25) is 0 Å². The van der Waals surface area contributed by atoms with Crippen LogP contribution in [0, 0.1) is 6.92 Å². The van der Waals surface area contributed by atoms with Gasteiger partial charge in [-0.15, -0.1) is 0 Å². The average Bonchev–Trinajstić information content (AvgIpc) is 3.23. The zero-order valence-electron chi connectivity index (χ0n) is 21.1. The number of nitrogens with zero attached hydrogens (tertiary/aromatic N) is 3. The summed E-state index contributed by atoms with van der Waals surface area (Å²) in [7, 11) is 0. The van der Waals surface area contributed by atoms with E-state index < -0.39 is 0 Å². The van der Waals surface area contributed by atoms with Crippen LogP contribution in [0.1, 0.15) is 63.8 Å². The SMILES string of the molecule is CCC(C(=O)N(CC)CC(=O)Nc1cc(C(C)(C)C)nn1-c1ccccc1C)c1ccccc1. The number of rotatable bonds is 8. The second-order valence-electron chi connectivity index (χ2n) is 9.64. The highest BCUT2D eigenvalue weighted by Crippen LogP contribution is 2.27. The van der Waals surface area contributed by atoms with Crippen molar-refractivity contribution in [2.45, 2.75) is 59.3 Å². The van der Waals surface area contributed by atoms with Gasteiger partial charge in [-0.3, -0.25) is 9.59 Å². The summed E-state index contributed by atoms with van der Waals surface area (Å²) in [6.07, 6.45) is 0.677. The number of aryl methyl sites for hydroxylation is 1. The molecule has 0 saturated heterocycles. The van der Waals surface area contributed by atoms with Gasteiger partial charge in [0.2, 0.25) is 11.8 Å². The molecule has 0 saturated carbocycles. The van der Waals surface area contributed by atoms with Gasteiger partial charge in [0.25, 0.3) is 0 Å². The van der Waals surface area contributed by atoms with Gasteiger partial charge in [-0.1, -0.05) is 76.2 Å². The van der Waals surface area contributed by atoms with Crippen LogP contribution in [0.5, 0.6) is 0 Å². The van der Waals surface area contributed by atoms with Crippen molar-refractivity contribution in [2.75, 3.05) is 18.4 Å². The van der Waals surface area contributed by atoms with Gasteiger partial charge in [0, 0.05) is 18.0 Å². The standard InChI is InChI=1S/C28H36N4O2/c1-7-22(21-15-10-9-11-16-21)27(34)31(8-2)19-26(33)29-25-18-24(28(4,5)6)30-32(25)23-17-13-12-14-20(23)3/h9-18,22H,7-8,19H2,1-6H3,(H,29,33). The number of aromatic nitrogens is 2. The molecule has 34 heavy (non-hydrogen) atoms. The Kier molecular flexibility index (Phi) is 7.92. The lowest BCUT2D eigenvalue weighted by atomic mass is 9.92. The third kappa shape index (κ3) is 5.74. The largest absolute Gasteiger partial charge is 0.333 e. The summed E-state index contributed by atoms with van der Waals surface area (Å²) in [4.78, 5) is 28.0. The molecule has 1 N–H and O–H groups in total. The van der Waals surface area contributed by atoms with E-state index in [1.165, 1.54) is 0 Å². The minimum absolute atomic E-state index is 0.0114. The molecule has 1 aromatic heterocycles. The van der Waals surface area contributed by atoms with Crippen molar-refractivity contribution in [1.29, 1.82) is 0 Å². The molecule has 1 atom stereocenters. The Hall–Kier alpha value is -3.41. The number of amides is 2. The lowest BCUT2D eigenvalue weighted by Gasteiger charge is -2.25. The molecule has 1 unspecified atom stereocenters. The number of carbonyl (C=O) groups is 2. The molecule has 2 amide bonds. The molecule has 0 aliphatic heterocycles. The first kappa shape index (κ1) is 25.2. The van der Waals surface area contributed by atoms with Crippen molar-refractivity contribution in [3.63, 3.8) is 0 Å². The van der Waals surface area contributed by atoms with Crippen molar-refractivity contribution in [3.05, 3.63) is 77.5 Å². The number of carbonyl (C=O) groups excluding carboxylic acids is 2. The van der Waals surface area contributed by atoms with Crippen LogP contribution in [0.25, 0.3) is 5.69 Å². The van der Waals surface area contributed by atoms with E-state index in [1.807, 2.05) is 81.4 Å². The summed E-state index contributed by atoms with van der Waals surface area (Å²) in [5, 5.41) is 7.82. The molecule has 2 aromatic carbocycles. The van der Waals surface area contributed by atoms with Crippen LogP contribution in [-0.2, 0) is 15.0 Å². The average molecular weight is 461 g/mol. The van der Waals surface area contributed by atoms with E-state index in [0.717, 1.165) is 22.5 Å². The van der Waals surface area contributed by atoms with Crippen molar-refractivity contribution < 1.29 is 9.59 Å². The molecule has 1 heterocycles. The Morgan fingerprint density at radius 1 is 1.03 bits per heavy atom. The van der Waals surface area contributed by atoms with Gasteiger partial charge in [0.15, 0.2) is 0 Å². The predicted octanol–water partition coefficient (Wildman–Crippen LogP) is 5.46. The third-order valence-corrected chi connectivity index (χ3v) is 6.03. The van der Waals surface area contributed by atoms with Gasteiger partial charge in [0.1, 0.15) is 5.82 Å². The molecular formula is C28H36N4O2. The highest BCUT2D eigenvalue weighted by atomic mass is 16.2. The van der Waals surface area contributed by atoms with Crippen molar-refractivity contribution in [3.8, 4) is 5.69 Å². The number of benzene rings is 2. The number of anilines is 1. The Bertz CT molecular complexity index is 1130. The monoisotopic (exact) mass is 460 g/mol. The van der Waals surface area contributed by atoms with E-state index in [0.29, 0.717) is 18.8 Å². The van der Waals surface area contributed by atoms with Gasteiger partial charge >= 0.3 is 0 Å². The predicted molar refractivity (Wildman–Crippen MR) is 137 cm³/mol. The molecule has 0 fully saturated rings. The number of nitrogens with one attached hydrogen (secondary N) is 1. The van der Waals surface area contributed by atoms with E-state index in [-0.39, 0.29) is 29.7 Å². The first-order valence-electron chi connectivity index (χ1n) is 12.0. The van der Waals surface area contributed by atoms with E-state index >= 15 is 0 Å². The molecule has 0 spiro atoms. The van der Waals surface area contributed by atoms with Crippen LogP contribution in [-0.4, -0.2) is 39.6 Å². The third-order valence-electron chi connectivity index (χ3n) is 6.03. The van der Waals surface area contributed by atoms with Crippen molar-refractivity contribution in [1.82, 2.24) is 14.7 Å². The van der Waals surface area contributed by atoms with Gasteiger partial charge in [0.05, 0.1) is 23.8 Å². The first-order valence-corrected chi connectivity index (χ1v) is 12.0. The van der Waals surface area contributed by atoms with Gasteiger partial charge < -0.3 is 10.2 Å². The Morgan fingerprint density at radius 2 is 1.68 bits per heavy atom. The summed E-state index contributed by atoms with van der Waals surface area (Å²) >= 11 is 0. The zero-order chi connectivity index (χ0) is 24.9. The second kappa shape index (κ2) is 10.7. The second-order valence-corrected chi connectivity index (χ2v) is 9.64. The molecule has 6 heteroatoms.